The summed E-state index contributed by atoms with van der Waals surface area (Å²) in [6.07, 6.45) is 6.11. The number of carbonyl (C=O) groups excluding carboxylic acids is 2. The molecule has 2 N–H and O–H groups in total. The molecule has 0 aromatic heterocycles. The molecule has 2 fully saturated rings. The van der Waals surface area contributed by atoms with Gasteiger partial charge < -0.3 is 25.0 Å². The van der Waals surface area contributed by atoms with Crippen LogP contribution >= 0.6 is 0 Å². The number of hydrogen-bond acceptors (Lipinski definition) is 7. The number of nitrogens with one attached hydrogen (secondary N) is 2. The Morgan fingerprint density at radius 2 is 1.78 bits per heavy atom. The van der Waals surface area contributed by atoms with Crippen LogP contribution in [0.15, 0.2) is 58.9 Å². The monoisotopic (exact) mass is 610 g/mol. The number of hydrogen-bond donors (Lipinski definition) is 2. The minimum atomic E-state index is -0.149. The van der Waals surface area contributed by atoms with Gasteiger partial charge in [-0.15, -0.1) is 0 Å². The molecule has 3 heterocycles. The highest BCUT2D eigenvalue weighted by molar-refractivity contribution is 5.99. The fourth-order valence-corrected chi connectivity index (χ4v) is 7.56. The van der Waals surface area contributed by atoms with Crippen LogP contribution in [0.4, 0.5) is 5.69 Å². The van der Waals surface area contributed by atoms with Gasteiger partial charge in [-0.25, -0.2) is 4.79 Å². The number of morpholine rings is 1. The average Bonchev–Trinajstić information content (AvgIpc) is 3.49. The molecule has 1 atom stereocenters. The molecule has 2 saturated heterocycles. The number of ether oxygens (including phenoxy) is 2. The number of aryl methyl sites for hydroxylation is 1. The summed E-state index contributed by atoms with van der Waals surface area (Å²) in [5.41, 5.74) is 10.7. The number of anilines is 1. The molecule has 0 bridgehead atoms. The second-order valence-electron chi connectivity index (χ2n) is 12.7. The molecule has 8 nitrogen and oxygen atoms in total. The summed E-state index contributed by atoms with van der Waals surface area (Å²) in [5.74, 6) is 1.86. The topological polar surface area (TPSA) is 83.1 Å². The van der Waals surface area contributed by atoms with Crippen LogP contribution in [0.3, 0.4) is 0 Å². The SMILES string of the molecule is CCN(c1cc(-c2ccc3c(c2)CCC3N2CCOCC2)cc(C(=O)NCC2=C(C)C=C(C)NC2=C=O)c1C)C1CCOCC1. The fraction of sp³-hybridized carbons (Fsp3) is 0.486. The molecular weight excluding hydrogens is 564 g/mol. The van der Waals surface area contributed by atoms with Crippen LogP contribution in [0.5, 0.6) is 0 Å². The number of carbonyl (C=O) groups is 1. The van der Waals surface area contributed by atoms with E-state index >= 15 is 0 Å². The summed E-state index contributed by atoms with van der Waals surface area (Å²) in [7, 11) is 0. The Morgan fingerprint density at radius 3 is 2.51 bits per heavy atom. The summed E-state index contributed by atoms with van der Waals surface area (Å²) in [6, 6.07) is 12.0. The fourth-order valence-electron chi connectivity index (χ4n) is 7.56. The second kappa shape index (κ2) is 13.8. The Kier molecular flexibility index (Phi) is 9.57. The van der Waals surface area contributed by atoms with Crippen LogP contribution in [0.2, 0.25) is 0 Å². The van der Waals surface area contributed by atoms with Gasteiger partial charge in [0.25, 0.3) is 5.91 Å². The molecule has 1 aliphatic carbocycles. The van der Waals surface area contributed by atoms with E-state index in [9.17, 15) is 9.59 Å². The molecule has 238 valence electrons. The van der Waals surface area contributed by atoms with Gasteiger partial charge >= 0.3 is 0 Å². The van der Waals surface area contributed by atoms with E-state index in [0.717, 1.165) is 111 Å². The van der Waals surface area contributed by atoms with Crippen molar-refractivity contribution < 1.29 is 19.1 Å². The van der Waals surface area contributed by atoms with Crippen molar-refractivity contribution in [3.05, 3.63) is 81.2 Å². The highest BCUT2D eigenvalue weighted by Gasteiger charge is 2.30. The maximum absolute atomic E-state index is 14.0. The van der Waals surface area contributed by atoms with E-state index in [0.29, 0.717) is 23.3 Å². The number of benzene rings is 2. The highest BCUT2D eigenvalue weighted by atomic mass is 16.5. The van der Waals surface area contributed by atoms with Crippen molar-refractivity contribution in [2.75, 3.05) is 57.5 Å². The van der Waals surface area contributed by atoms with E-state index < -0.39 is 0 Å². The quantitative estimate of drug-likeness (QED) is 0.395. The summed E-state index contributed by atoms with van der Waals surface area (Å²) in [5, 5.41) is 6.21. The van der Waals surface area contributed by atoms with Crippen LogP contribution < -0.4 is 15.5 Å². The third-order valence-electron chi connectivity index (χ3n) is 9.98. The Morgan fingerprint density at radius 1 is 1.02 bits per heavy atom. The molecular formula is C37H46N4O4. The van der Waals surface area contributed by atoms with E-state index in [1.165, 1.54) is 11.1 Å². The first-order chi connectivity index (χ1) is 21.9. The minimum absolute atomic E-state index is 0.149. The van der Waals surface area contributed by atoms with Crippen molar-refractivity contribution in [2.45, 2.75) is 65.5 Å². The number of allylic oxidation sites excluding steroid dienone is 3. The summed E-state index contributed by atoms with van der Waals surface area (Å²) < 4.78 is 11.3. The van der Waals surface area contributed by atoms with Crippen molar-refractivity contribution in [3.8, 4) is 11.1 Å². The largest absolute Gasteiger partial charge is 0.381 e. The first kappa shape index (κ1) is 31.3. The smallest absolute Gasteiger partial charge is 0.251 e. The number of dihydropyridines is 1. The molecule has 0 radical (unpaired) electrons. The Balaban J connectivity index is 1.35. The Labute approximate surface area is 267 Å². The molecule has 1 amide bonds. The zero-order valence-corrected chi connectivity index (χ0v) is 27.1. The van der Waals surface area contributed by atoms with Crippen LogP contribution in [0, 0.1) is 6.92 Å². The predicted octanol–water partition coefficient (Wildman–Crippen LogP) is 5.26. The van der Waals surface area contributed by atoms with Crippen LogP contribution in [0.1, 0.15) is 73.1 Å². The van der Waals surface area contributed by atoms with E-state index in [1.54, 1.807) is 0 Å². The Hall–Kier alpha value is -3.68. The molecule has 2 aromatic carbocycles. The van der Waals surface area contributed by atoms with Gasteiger partial charge in [-0.3, -0.25) is 9.69 Å². The molecule has 45 heavy (non-hydrogen) atoms. The summed E-state index contributed by atoms with van der Waals surface area (Å²) in [6.45, 7) is 14.3. The minimum Gasteiger partial charge on any atom is -0.381 e. The maximum atomic E-state index is 14.0. The lowest BCUT2D eigenvalue weighted by Crippen LogP contribution is -2.40. The zero-order chi connectivity index (χ0) is 31.5. The average molecular weight is 611 g/mol. The van der Waals surface area contributed by atoms with Gasteiger partial charge in [0.2, 0.25) is 0 Å². The first-order valence-electron chi connectivity index (χ1n) is 16.5. The number of rotatable bonds is 8. The van der Waals surface area contributed by atoms with Crippen molar-refractivity contribution in [1.29, 1.82) is 0 Å². The number of amides is 1. The van der Waals surface area contributed by atoms with Crippen LogP contribution in [0.25, 0.3) is 11.1 Å². The maximum Gasteiger partial charge on any atom is 0.251 e. The molecule has 3 aliphatic heterocycles. The van der Waals surface area contributed by atoms with Gasteiger partial charge in [0.1, 0.15) is 5.70 Å². The second-order valence-corrected chi connectivity index (χ2v) is 12.7. The van der Waals surface area contributed by atoms with Gasteiger partial charge in [-0.2, -0.15) is 0 Å². The first-order valence-corrected chi connectivity index (χ1v) is 16.5. The third-order valence-corrected chi connectivity index (χ3v) is 9.98. The van der Waals surface area contributed by atoms with Crippen molar-refractivity contribution in [2.24, 2.45) is 0 Å². The van der Waals surface area contributed by atoms with Gasteiger partial charge in [-0.05, 0) is 105 Å². The number of nitrogens with zero attached hydrogens (tertiary/aromatic N) is 2. The van der Waals surface area contributed by atoms with Crippen molar-refractivity contribution in [3.63, 3.8) is 0 Å². The summed E-state index contributed by atoms with van der Waals surface area (Å²) >= 11 is 0. The lowest BCUT2D eigenvalue weighted by molar-refractivity contribution is 0.0164. The van der Waals surface area contributed by atoms with E-state index in [-0.39, 0.29) is 12.5 Å². The van der Waals surface area contributed by atoms with Crippen LogP contribution in [-0.2, 0) is 20.7 Å². The molecule has 8 heteroatoms. The van der Waals surface area contributed by atoms with E-state index in [1.807, 2.05) is 31.9 Å². The third kappa shape index (κ3) is 6.52. The molecule has 1 unspecified atom stereocenters. The van der Waals surface area contributed by atoms with E-state index in [4.69, 9.17) is 9.47 Å². The lowest BCUT2D eigenvalue weighted by atomic mass is 9.93. The normalized spacial score (nSPS) is 20.8. The van der Waals surface area contributed by atoms with Crippen LogP contribution in [-0.4, -0.2) is 75.4 Å². The Bertz CT molecular complexity index is 1560. The van der Waals surface area contributed by atoms with Gasteiger partial charge in [0.15, 0.2) is 5.94 Å². The van der Waals surface area contributed by atoms with E-state index in [2.05, 4.69) is 58.5 Å². The lowest BCUT2D eigenvalue weighted by Gasteiger charge is -2.37. The molecule has 4 aliphatic rings. The van der Waals surface area contributed by atoms with Gasteiger partial charge in [0, 0.05) is 74.0 Å². The molecule has 0 spiro atoms. The molecule has 6 rings (SSSR count). The molecule has 0 saturated carbocycles. The number of fused-ring (bicyclic) bond motifs is 1. The highest BCUT2D eigenvalue weighted by Crippen LogP contribution is 2.40. The predicted molar refractivity (Wildman–Crippen MR) is 178 cm³/mol. The molecule has 2 aromatic rings. The van der Waals surface area contributed by atoms with Crippen molar-refractivity contribution >= 4 is 17.5 Å². The van der Waals surface area contributed by atoms with Gasteiger partial charge in [0.05, 0.1) is 13.2 Å². The zero-order valence-electron chi connectivity index (χ0n) is 27.1. The van der Waals surface area contributed by atoms with Crippen molar-refractivity contribution in [1.82, 2.24) is 15.5 Å². The standard InChI is InChI=1S/C37H46N4O4/c1-5-41(30-10-14-44-15-11-30)36-21-29(27-6-8-31-28(19-27)7-9-35(31)40-12-16-45-17-13-40)20-32(26(36)4)37(43)38-22-33-24(2)18-25(3)39-34(33)23-42/h6,8,18-21,30,35,39H,5,7,9-17,22H2,1-4H3,(H,38,43). The summed E-state index contributed by atoms with van der Waals surface area (Å²) in [4.78, 5) is 30.7. The van der Waals surface area contributed by atoms with Gasteiger partial charge in [-0.1, -0.05) is 18.2 Å².